The van der Waals surface area contributed by atoms with Gasteiger partial charge in [-0.25, -0.2) is 9.59 Å². The lowest BCUT2D eigenvalue weighted by Crippen LogP contribution is -2.72. The summed E-state index contributed by atoms with van der Waals surface area (Å²) in [5.74, 6) is -0.695. The molecule has 4 amide bonds. The largest absolute Gasteiger partial charge is 0.444 e. The average molecular weight is 481 g/mol. The number of nitrogens with one attached hydrogen (secondary N) is 2. The molecule has 0 aromatic rings. The monoisotopic (exact) mass is 480 g/mol. The molecule has 34 heavy (non-hydrogen) atoms. The van der Waals surface area contributed by atoms with E-state index in [-0.39, 0.29) is 11.8 Å². The van der Waals surface area contributed by atoms with Crippen LogP contribution in [0.4, 0.5) is 9.59 Å². The van der Waals surface area contributed by atoms with Crippen molar-refractivity contribution in [1.82, 2.24) is 20.4 Å². The van der Waals surface area contributed by atoms with Gasteiger partial charge >= 0.3 is 12.2 Å². The standard InChI is InChI=1S/C24H40N4O6/c1-23(2,3)33-21(31)27-13-9-7-11-15(27)17-19(29)26-18(20(30)25-17)16-12-8-10-14-28(16)22(32)34-24(4,5)6/h15-18H,7-14H2,1-6H3,(H,25,30)(H,26,29)/t15-,16-,17+,18+/m1/s1. The number of hydrogen-bond donors (Lipinski definition) is 2. The molecule has 0 saturated carbocycles. The van der Waals surface area contributed by atoms with Crippen molar-refractivity contribution in [3.63, 3.8) is 0 Å². The van der Waals surface area contributed by atoms with Crippen LogP contribution in [0.3, 0.4) is 0 Å². The third-order valence-corrected chi connectivity index (χ3v) is 6.28. The molecule has 0 bridgehead atoms. The normalized spacial score (nSPS) is 28.6. The van der Waals surface area contributed by atoms with Crippen molar-refractivity contribution in [2.45, 2.75) is 115 Å². The quantitative estimate of drug-likeness (QED) is 0.627. The Morgan fingerprint density at radius 2 is 1.06 bits per heavy atom. The van der Waals surface area contributed by atoms with Gasteiger partial charge in [-0.2, -0.15) is 0 Å². The lowest BCUT2D eigenvalue weighted by atomic mass is 9.89. The van der Waals surface area contributed by atoms with Crippen molar-refractivity contribution in [3.8, 4) is 0 Å². The van der Waals surface area contributed by atoms with E-state index in [9.17, 15) is 19.2 Å². The van der Waals surface area contributed by atoms with Crippen LogP contribution in [-0.4, -0.2) is 82.3 Å². The SMILES string of the molecule is CC(C)(C)OC(=O)N1CCCC[C@@H]1[C@@H]1NC(=O)[C@H]([C@H]2CCCCN2C(=O)OC(C)(C)C)NC1=O. The van der Waals surface area contributed by atoms with Crippen LogP contribution < -0.4 is 10.6 Å². The van der Waals surface area contributed by atoms with Gasteiger partial charge in [0.05, 0.1) is 12.1 Å². The Morgan fingerprint density at radius 3 is 1.38 bits per heavy atom. The number of carbonyl (C=O) groups excluding carboxylic acids is 4. The van der Waals surface area contributed by atoms with Crippen LogP contribution >= 0.6 is 0 Å². The number of rotatable bonds is 2. The maximum absolute atomic E-state index is 13.2. The molecule has 0 aliphatic carbocycles. The van der Waals surface area contributed by atoms with Crippen LogP contribution in [-0.2, 0) is 19.1 Å². The van der Waals surface area contributed by atoms with Crippen molar-refractivity contribution < 1.29 is 28.7 Å². The Hall–Kier alpha value is -2.52. The molecule has 3 fully saturated rings. The molecule has 10 heteroatoms. The lowest BCUT2D eigenvalue weighted by molar-refractivity contribution is -0.141. The molecule has 10 nitrogen and oxygen atoms in total. The van der Waals surface area contributed by atoms with Gasteiger partial charge in [-0.1, -0.05) is 0 Å². The Morgan fingerprint density at radius 1 is 0.706 bits per heavy atom. The zero-order valence-corrected chi connectivity index (χ0v) is 21.3. The second-order valence-corrected chi connectivity index (χ2v) is 11.4. The number of ether oxygens (including phenoxy) is 2. The minimum Gasteiger partial charge on any atom is -0.444 e. The molecule has 3 aliphatic rings. The van der Waals surface area contributed by atoms with E-state index in [2.05, 4.69) is 10.6 Å². The molecule has 0 unspecified atom stereocenters. The minimum absolute atomic E-state index is 0.347. The van der Waals surface area contributed by atoms with Gasteiger partial charge in [0.1, 0.15) is 23.3 Å². The molecule has 3 aliphatic heterocycles. The van der Waals surface area contributed by atoms with Crippen molar-refractivity contribution in [2.75, 3.05) is 13.1 Å². The minimum atomic E-state index is -0.866. The first-order valence-corrected chi connectivity index (χ1v) is 12.4. The summed E-state index contributed by atoms with van der Waals surface area (Å²) in [6, 6.07) is -2.70. The first-order chi connectivity index (χ1) is 15.8. The molecule has 3 saturated heterocycles. The molecule has 192 valence electrons. The Balaban J connectivity index is 1.73. The van der Waals surface area contributed by atoms with Crippen molar-refractivity contribution in [2.24, 2.45) is 0 Å². The number of amides is 4. The van der Waals surface area contributed by atoms with Gasteiger partial charge in [-0.05, 0) is 80.1 Å². The maximum Gasteiger partial charge on any atom is 0.410 e. The highest BCUT2D eigenvalue weighted by atomic mass is 16.6. The van der Waals surface area contributed by atoms with E-state index in [1.54, 1.807) is 51.3 Å². The maximum atomic E-state index is 13.2. The predicted octanol–water partition coefficient (Wildman–Crippen LogP) is 2.55. The number of likely N-dealkylation sites (tertiary alicyclic amines) is 2. The van der Waals surface area contributed by atoms with Gasteiger partial charge in [0, 0.05) is 13.1 Å². The third-order valence-electron chi connectivity index (χ3n) is 6.28. The van der Waals surface area contributed by atoms with E-state index in [1.165, 1.54) is 0 Å². The highest BCUT2D eigenvalue weighted by molar-refractivity contribution is 5.98. The van der Waals surface area contributed by atoms with Crippen molar-refractivity contribution in [3.05, 3.63) is 0 Å². The fourth-order valence-corrected chi connectivity index (χ4v) is 4.86. The summed E-state index contributed by atoms with van der Waals surface area (Å²) in [6.07, 6.45) is 3.55. The number of nitrogens with zero attached hydrogens (tertiary/aromatic N) is 2. The van der Waals surface area contributed by atoms with Crippen molar-refractivity contribution in [1.29, 1.82) is 0 Å². The van der Waals surface area contributed by atoms with E-state index in [4.69, 9.17) is 9.47 Å². The average Bonchev–Trinajstić information content (AvgIpc) is 2.72. The van der Waals surface area contributed by atoms with E-state index < -0.39 is 47.6 Å². The fraction of sp³-hybridized carbons (Fsp3) is 0.833. The smallest absolute Gasteiger partial charge is 0.410 e. The van der Waals surface area contributed by atoms with Crippen LogP contribution in [0.2, 0.25) is 0 Å². The Kier molecular flexibility index (Phi) is 7.67. The van der Waals surface area contributed by atoms with Crippen LogP contribution in [0.5, 0.6) is 0 Å². The van der Waals surface area contributed by atoms with Gasteiger partial charge in [0.25, 0.3) is 0 Å². The molecule has 0 aromatic carbocycles. The lowest BCUT2D eigenvalue weighted by Gasteiger charge is -2.45. The highest BCUT2D eigenvalue weighted by Gasteiger charge is 2.47. The molecular formula is C24H40N4O6. The highest BCUT2D eigenvalue weighted by Crippen LogP contribution is 2.27. The predicted molar refractivity (Wildman–Crippen MR) is 125 cm³/mol. The van der Waals surface area contributed by atoms with Gasteiger partial charge in [-0.3, -0.25) is 9.59 Å². The molecule has 0 aromatic heterocycles. The van der Waals surface area contributed by atoms with E-state index >= 15 is 0 Å². The number of piperazine rings is 1. The summed E-state index contributed by atoms with van der Waals surface area (Å²) in [5.41, 5.74) is -1.32. The molecule has 0 radical (unpaired) electrons. The summed E-state index contributed by atoms with van der Waals surface area (Å²) in [4.78, 5) is 55.1. The number of carbonyl (C=O) groups is 4. The first kappa shape index (κ1) is 26.1. The second-order valence-electron chi connectivity index (χ2n) is 11.4. The van der Waals surface area contributed by atoms with E-state index in [0.717, 1.165) is 25.7 Å². The molecule has 3 rings (SSSR count). The van der Waals surface area contributed by atoms with E-state index in [0.29, 0.717) is 25.9 Å². The first-order valence-electron chi connectivity index (χ1n) is 12.4. The third kappa shape index (κ3) is 6.33. The van der Waals surface area contributed by atoms with Crippen LogP contribution in [0, 0.1) is 0 Å². The van der Waals surface area contributed by atoms with Gasteiger partial charge < -0.3 is 29.9 Å². The fourth-order valence-electron chi connectivity index (χ4n) is 4.86. The van der Waals surface area contributed by atoms with Crippen LogP contribution in [0.25, 0.3) is 0 Å². The molecule has 0 spiro atoms. The summed E-state index contributed by atoms with van der Waals surface area (Å²) in [6.45, 7) is 11.7. The Bertz CT molecular complexity index is 736. The number of hydrogen-bond acceptors (Lipinski definition) is 6. The number of piperidine rings is 2. The van der Waals surface area contributed by atoms with Gasteiger partial charge in [-0.15, -0.1) is 0 Å². The zero-order valence-electron chi connectivity index (χ0n) is 21.3. The summed E-state index contributed by atoms with van der Waals surface area (Å²) < 4.78 is 11.1. The molecule has 3 heterocycles. The molecular weight excluding hydrogens is 440 g/mol. The topological polar surface area (TPSA) is 117 Å². The van der Waals surface area contributed by atoms with Gasteiger partial charge in [0.2, 0.25) is 11.8 Å². The summed E-state index contributed by atoms with van der Waals surface area (Å²) in [7, 11) is 0. The molecule has 2 N–H and O–H groups in total. The van der Waals surface area contributed by atoms with Crippen molar-refractivity contribution >= 4 is 24.0 Å². The Labute approximate surface area is 202 Å². The van der Waals surface area contributed by atoms with Crippen LogP contribution in [0.15, 0.2) is 0 Å². The summed E-state index contributed by atoms with van der Waals surface area (Å²) >= 11 is 0. The zero-order chi connectivity index (χ0) is 25.3. The molecule has 4 atom stereocenters. The second kappa shape index (κ2) is 10.00. The summed E-state index contributed by atoms with van der Waals surface area (Å²) in [5, 5.41) is 5.72. The van der Waals surface area contributed by atoms with Crippen LogP contribution in [0.1, 0.15) is 80.1 Å². The van der Waals surface area contributed by atoms with E-state index in [1.807, 2.05) is 0 Å². The van der Waals surface area contributed by atoms with Gasteiger partial charge in [0.15, 0.2) is 0 Å².